The standard InChI is InChI=1S/C20H22N4O2S/c25-19(21-9-8-16-14-23-10-2-1-7-18(23)22-16)15-5-3-11-24(13-15)20(26)17-6-4-12-27-17/h1-2,4,6-7,10,12,14-15H,3,5,8-9,11,13H2,(H,21,25). The average Bonchev–Trinajstić information content (AvgIpc) is 3.37. The summed E-state index contributed by atoms with van der Waals surface area (Å²) in [6.07, 6.45) is 6.34. The first kappa shape index (κ1) is 17.7. The maximum absolute atomic E-state index is 12.5. The van der Waals surface area contributed by atoms with Gasteiger partial charge in [0.25, 0.3) is 5.91 Å². The second-order valence-electron chi connectivity index (χ2n) is 6.81. The van der Waals surface area contributed by atoms with E-state index in [0.717, 1.165) is 35.6 Å². The predicted octanol–water partition coefficient (Wildman–Crippen LogP) is 2.61. The van der Waals surface area contributed by atoms with Gasteiger partial charge in [-0.15, -0.1) is 11.3 Å². The third-order valence-electron chi connectivity index (χ3n) is 4.91. The van der Waals surface area contributed by atoms with Crippen molar-refractivity contribution in [2.24, 2.45) is 5.92 Å². The van der Waals surface area contributed by atoms with Crippen LogP contribution in [0.25, 0.3) is 5.65 Å². The number of carbonyl (C=O) groups excluding carboxylic acids is 2. The molecule has 1 N–H and O–H groups in total. The number of likely N-dealkylation sites (tertiary alicyclic amines) is 1. The normalized spacial score (nSPS) is 17.2. The van der Waals surface area contributed by atoms with E-state index in [-0.39, 0.29) is 17.7 Å². The third-order valence-corrected chi connectivity index (χ3v) is 5.76. The lowest BCUT2D eigenvalue weighted by Crippen LogP contribution is -2.45. The summed E-state index contributed by atoms with van der Waals surface area (Å²) in [5.41, 5.74) is 1.87. The number of imidazole rings is 1. The van der Waals surface area contributed by atoms with Crippen molar-refractivity contribution in [1.82, 2.24) is 19.6 Å². The predicted molar refractivity (Wildman–Crippen MR) is 105 cm³/mol. The van der Waals surface area contributed by atoms with E-state index in [1.165, 1.54) is 11.3 Å². The van der Waals surface area contributed by atoms with Gasteiger partial charge in [0.1, 0.15) is 5.65 Å². The van der Waals surface area contributed by atoms with Gasteiger partial charge in [-0.05, 0) is 36.4 Å². The Kier molecular flexibility index (Phi) is 5.20. The minimum Gasteiger partial charge on any atom is -0.355 e. The monoisotopic (exact) mass is 382 g/mol. The van der Waals surface area contributed by atoms with Gasteiger partial charge in [-0.25, -0.2) is 4.98 Å². The van der Waals surface area contributed by atoms with Crippen LogP contribution in [0.2, 0.25) is 0 Å². The highest BCUT2D eigenvalue weighted by molar-refractivity contribution is 7.12. The van der Waals surface area contributed by atoms with Crippen molar-refractivity contribution in [3.05, 3.63) is 58.7 Å². The lowest BCUT2D eigenvalue weighted by Gasteiger charge is -2.31. The number of piperidine rings is 1. The number of pyridine rings is 1. The first-order chi connectivity index (χ1) is 13.2. The number of hydrogen-bond donors (Lipinski definition) is 1. The van der Waals surface area contributed by atoms with Crippen molar-refractivity contribution in [3.8, 4) is 0 Å². The Labute approximate surface area is 161 Å². The van der Waals surface area contributed by atoms with E-state index in [1.54, 1.807) is 0 Å². The zero-order chi connectivity index (χ0) is 18.6. The van der Waals surface area contributed by atoms with Crippen LogP contribution >= 0.6 is 11.3 Å². The zero-order valence-corrected chi connectivity index (χ0v) is 15.8. The van der Waals surface area contributed by atoms with Crippen molar-refractivity contribution in [2.45, 2.75) is 19.3 Å². The van der Waals surface area contributed by atoms with Crippen LogP contribution in [0.4, 0.5) is 0 Å². The molecule has 0 aromatic carbocycles. The average molecular weight is 382 g/mol. The number of carbonyl (C=O) groups is 2. The van der Waals surface area contributed by atoms with Gasteiger partial charge in [-0.2, -0.15) is 0 Å². The van der Waals surface area contributed by atoms with Gasteiger partial charge in [0.05, 0.1) is 16.5 Å². The van der Waals surface area contributed by atoms with Gasteiger partial charge in [-0.1, -0.05) is 12.1 Å². The van der Waals surface area contributed by atoms with E-state index in [9.17, 15) is 9.59 Å². The van der Waals surface area contributed by atoms with E-state index in [1.807, 2.05) is 57.4 Å². The number of aromatic nitrogens is 2. The molecule has 1 fully saturated rings. The second-order valence-corrected chi connectivity index (χ2v) is 7.75. The number of fused-ring (bicyclic) bond motifs is 1. The molecule has 6 nitrogen and oxygen atoms in total. The number of amides is 2. The fraction of sp³-hybridized carbons (Fsp3) is 0.350. The highest BCUT2D eigenvalue weighted by Gasteiger charge is 2.29. The minimum absolute atomic E-state index is 0.0300. The Bertz CT molecular complexity index is 902. The molecule has 1 aliphatic rings. The van der Waals surface area contributed by atoms with Crippen molar-refractivity contribution >= 4 is 28.8 Å². The van der Waals surface area contributed by atoms with E-state index in [4.69, 9.17) is 0 Å². The number of nitrogens with one attached hydrogen (secondary N) is 1. The second kappa shape index (κ2) is 7.92. The molecule has 0 saturated carbocycles. The molecule has 1 atom stereocenters. The van der Waals surface area contributed by atoms with Crippen molar-refractivity contribution in [2.75, 3.05) is 19.6 Å². The summed E-state index contributed by atoms with van der Waals surface area (Å²) in [6.45, 7) is 1.77. The number of hydrogen-bond acceptors (Lipinski definition) is 4. The minimum atomic E-state index is -0.135. The van der Waals surface area contributed by atoms with Gasteiger partial charge < -0.3 is 14.6 Å². The molecule has 3 aromatic heterocycles. The Morgan fingerprint density at radius 3 is 3.00 bits per heavy atom. The van der Waals surface area contributed by atoms with Crippen LogP contribution in [0.15, 0.2) is 48.1 Å². The first-order valence-corrected chi connectivity index (χ1v) is 10.1. The van der Waals surface area contributed by atoms with Gasteiger partial charge >= 0.3 is 0 Å². The molecule has 0 spiro atoms. The molecule has 2 amide bonds. The summed E-state index contributed by atoms with van der Waals surface area (Å²) in [5.74, 6) is -0.0709. The smallest absolute Gasteiger partial charge is 0.263 e. The molecule has 27 heavy (non-hydrogen) atoms. The van der Waals surface area contributed by atoms with Crippen LogP contribution < -0.4 is 5.32 Å². The number of thiophene rings is 1. The molecule has 1 saturated heterocycles. The lowest BCUT2D eigenvalue weighted by atomic mass is 9.97. The van der Waals surface area contributed by atoms with Crippen LogP contribution in [-0.4, -0.2) is 45.7 Å². The SMILES string of the molecule is O=C(NCCc1cn2ccccc2n1)C1CCCN(C(=O)c2cccs2)C1. The highest BCUT2D eigenvalue weighted by Crippen LogP contribution is 2.20. The fourth-order valence-corrected chi connectivity index (χ4v) is 4.19. The van der Waals surface area contributed by atoms with E-state index >= 15 is 0 Å². The molecule has 140 valence electrons. The first-order valence-electron chi connectivity index (χ1n) is 9.24. The molecule has 4 rings (SSSR count). The molecule has 1 unspecified atom stereocenters. The van der Waals surface area contributed by atoms with Gasteiger partial charge in [0.2, 0.25) is 5.91 Å². The maximum atomic E-state index is 12.5. The molecule has 3 aromatic rings. The van der Waals surface area contributed by atoms with Crippen LogP contribution in [0, 0.1) is 5.92 Å². The van der Waals surface area contributed by atoms with Gasteiger partial charge in [0, 0.05) is 38.4 Å². The van der Waals surface area contributed by atoms with Crippen molar-refractivity contribution in [1.29, 1.82) is 0 Å². The van der Waals surface area contributed by atoms with Gasteiger partial charge in [0.15, 0.2) is 0 Å². The molecule has 1 aliphatic heterocycles. The largest absolute Gasteiger partial charge is 0.355 e. The summed E-state index contributed by atoms with van der Waals surface area (Å²) in [6, 6.07) is 9.60. The van der Waals surface area contributed by atoms with E-state index in [0.29, 0.717) is 19.5 Å². The topological polar surface area (TPSA) is 66.7 Å². The Morgan fingerprint density at radius 1 is 1.26 bits per heavy atom. The highest BCUT2D eigenvalue weighted by atomic mass is 32.1. The summed E-state index contributed by atoms with van der Waals surface area (Å²) in [7, 11) is 0. The molecular weight excluding hydrogens is 360 g/mol. The maximum Gasteiger partial charge on any atom is 0.263 e. The Morgan fingerprint density at radius 2 is 2.19 bits per heavy atom. The van der Waals surface area contributed by atoms with Crippen LogP contribution in [0.3, 0.4) is 0 Å². The number of rotatable bonds is 5. The lowest BCUT2D eigenvalue weighted by molar-refractivity contribution is -0.126. The zero-order valence-electron chi connectivity index (χ0n) is 15.0. The summed E-state index contributed by atoms with van der Waals surface area (Å²) < 4.78 is 1.98. The molecule has 7 heteroatoms. The molecule has 0 aliphatic carbocycles. The van der Waals surface area contributed by atoms with Gasteiger partial charge in [-0.3, -0.25) is 9.59 Å². The summed E-state index contributed by atoms with van der Waals surface area (Å²) in [4.78, 5) is 32.1. The molecular formula is C20H22N4O2S. The quantitative estimate of drug-likeness (QED) is 0.738. The summed E-state index contributed by atoms with van der Waals surface area (Å²) >= 11 is 1.45. The number of nitrogens with zero attached hydrogens (tertiary/aromatic N) is 3. The molecule has 0 bridgehead atoms. The Hall–Kier alpha value is -2.67. The van der Waals surface area contributed by atoms with Crippen LogP contribution in [0.5, 0.6) is 0 Å². The third kappa shape index (κ3) is 4.03. The fourth-order valence-electron chi connectivity index (χ4n) is 3.50. The van der Waals surface area contributed by atoms with E-state index < -0.39 is 0 Å². The van der Waals surface area contributed by atoms with Crippen molar-refractivity contribution < 1.29 is 9.59 Å². The summed E-state index contributed by atoms with van der Waals surface area (Å²) in [5, 5.41) is 4.92. The van der Waals surface area contributed by atoms with Crippen LogP contribution in [-0.2, 0) is 11.2 Å². The molecule has 4 heterocycles. The Balaban J connectivity index is 1.29. The van der Waals surface area contributed by atoms with E-state index in [2.05, 4.69) is 10.3 Å². The van der Waals surface area contributed by atoms with Crippen molar-refractivity contribution in [3.63, 3.8) is 0 Å². The van der Waals surface area contributed by atoms with Crippen LogP contribution in [0.1, 0.15) is 28.2 Å². The molecule has 0 radical (unpaired) electrons.